The Morgan fingerprint density at radius 1 is 1.17 bits per heavy atom. The van der Waals surface area contributed by atoms with Crippen molar-refractivity contribution in [3.8, 4) is 11.1 Å². The molecular weight excluding hydrogens is 468 g/mol. The van der Waals surface area contributed by atoms with Crippen molar-refractivity contribution in [3.05, 3.63) is 59.7 Å². The fraction of sp³-hybridized carbons (Fsp3) is 0.423. The minimum atomic E-state index is -1.47. The molecule has 0 radical (unpaired) electrons. The van der Waals surface area contributed by atoms with Crippen LogP contribution < -0.4 is 5.32 Å². The van der Waals surface area contributed by atoms with Crippen LogP contribution in [0.1, 0.15) is 30.4 Å². The van der Waals surface area contributed by atoms with Crippen molar-refractivity contribution in [3.63, 3.8) is 0 Å². The number of carbonyl (C=O) groups excluding carboxylic acids is 2. The number of carbonyl (C=O) groups is 3. The zero-order valence-electron chi connectivity index (χ0n) is 19.9. The highest BCUT2D eigenvalue weighted by atomic mass is 32.2. The van der Waals surface area contributed by atoms with E-state index >= 15 is 0 Å². The van der Waals surface area contributed by atoms with E-state index in [4.69, 9.17) is 9.47 Å². The van der Waals surface area contributed by atoms with Gasteiger partial charge in [-0.15, -0.1) is 0 Å². The van der Waals surface area contributed by atoms with Crippen molar-refractivity contribution in [2.24, 2.45) is 0 Å². The number of aliphatic carboxylic acids is 1. The summed E-state index contributed by atoms with van der Waals surface area (Å²) in [6.07, 6.45) is 1.66. The van der Waals surface area contributed by atoms with Crippen LogP contribution in [-0.4, -0.2) is 77.9 Å². The third kappa shape index (κ3) is 5.31. The molecule has 2 aliphatic rings. The van der Waals surface area contributed by atoms with Crippen LogP contribution >= 0.6 is 11.8 Å². The molecule has 0 spiro atoms. The number of carboxylic acids is 1. The lowest BCUT2D eigenvalue weighted by Crippen LogP contribution is -2.59. The van der Waals surface area contributed by atoms with Gasteiger partial charge in [0, 0.05) is 12.5 Å². The van der Waals surface area contributed by atoms with Gasteiger partial charge >= 0.3 is 12.1 Å². The van der Waals surface area contributed by atoms with E-state index in [1.165, 1.54) is 11.8 Å². The second-order valence-corrected chi connectivity index (χ2v) is 9.93. The molecule has 4 rings (SSSR count). The molecule has 2 unspecified atom stereocenters. The predicted octanol–water partition coefficient (Wildman–Crippen LogP) is 3.35. The number of nitrogens with one attached hydrogen (secondary N) is 1. The van der Waals surface area contributed by atoms with Crippen LogP contribution in [0, 0.1) is 0 Å². The largest absolute Gasteiger partial charge is 0.479 e. The number of thioether (sulfide) groups is 1. The molecule has 8 nitrogen and oxygen atoms in total. The summed E-state index contributed by atoms with van der Waals surface area (Å²) in [5, 5.41) is 12.2. The van der Waals surface area contributed by atoms with Crippen LogP contribution in [0.5, 0.6) is 0 Å². The van der Waals surface area contributed by atoms with Gasteiger partial charge in [0.25, 0.3) is 0 Å². The van der Waals surface area contributed by atoms with Crippen LogP contribution in [0.25, 0.3) is 11.1 Å². The number of hydrogen-bond acceptors (Lipinski definition) is 6. The quantitative estimate of drug-likeness (QED) is 0.575. The first kappa shape index (κ1) is 25.1. The number of fused-ring (bicyclic) bond motifs is 3. The smallest absolute Gasteiger partial charge is 0.407 e. The summed E-state index contributed by atoms with van der Waals surface area (Å²) >= 11 is 1.56. The first-order chi connectivity index (χ1) is 16.8. The maximum atomic E-state index is 13.2. The molecule has 35 heavy (non-hydrogen) atoms. The lowest BCUT2D eigenvalue weighted by atomic mass is 9.98. The van der Waals surface area contributed by atoms with Gasteiger partial charge in [0.1, 0.15) is 12.6 Å². The molecule has 1 aliphatic carbocycles. The Morgan fingerprint density at radius 3 is 2.40 bits per heavy atom. The topological polar surface area (TPSA) is 105 Å². The summed E-state index contributed by atoms with van der Waals surface area (Å²) in [7, 11) is 0. The SMILES string of the molecule is CSCCC(NC(=O)OCC1c2ccccc2-c2ccccc21)C(=O)N1CCOC(C)(C(=O)O)C1. The molecule has 2 N–H and O–H groups in total. The van der Waals surface area contributed by atoms with E-state index in [2.05, 4.69) is 17.4 Å². The first-order valence-corrected chi connectivity index (χ1v) is 13.0. The molecule has 2 atom stereocenters. The summed E-state index contributed by atoms with van der Waals surface area (Å²) in [5.74, 6) is -0.881. The first-order valence-electron chi connectivity index (χ1n) is 11.6. The Kier molecular flexibility index (Phi) is 7.66. The van der Waals surface area contributed by atoms with Gasteiger partial charge in [0.2, 0.25) is 5.91 Å². The standard InChI is InChI=1S/C26H30N2O6S/c1-26(24(30)31)16-28(12-13-34-26)23(29)22(11-14-35-2)27-25(32)33-15-21-19-9-5-3-7-17(19)18-8-4-6-10-20(18)21/h3-10,21-22H,11-16H2,1-2H3,(H,27,32)(H,30,31). The molecule has 0 saturated carbocycles. The van der Waals surface area contributed by atoms with E-state index in [1.807, 2.05) is 42.7 Å². The van der Waals surface area contributed by atoms with E-state index in [0.29, 0.717) is 12.2 Å². The van der Waals surface area contributed by atoms with E-state index < -0.39 is 23.7 Å². The number of ether oxygens (including phenoxy) is 2. The number of rotatable bonds is 8. The van der Waals surface area contributed by atoms with Crippen molar-refractivity contribution in [1.82, 2.24) is 10.2 Å². The molecule has 1 saturated heterocycles. The molecule has 1 heterocycles. The molecule has 2 amide bonds. The van der Waals surface area contributed by atoms with Crippen molar-refractivity contribution in [2.45, 2.75) is 30.9 Å². The Hall–Kier alpha value is -3.04. The van der Waals surface area contributed by atoms with E-state index in [-0.39, 0.29) is 38.1 Å². The fourth-order valence-electron chi connectivity index (χ4n) is 4.68. The van der Waals surface area contributed by atoms with Crippen LogP contribution in [0.4, 0.5) is 4.79 Å². The van der Waals surface area contributed by atoms with Crippen LogP contribution in [-0.2, 0) is 19.1 Å². The summed E-state index contributed by atoms with van der Waals surface area (Å²) in [6, 6.07) is 15.4. The number of alkyl carbamates (subject to hydrolysis) is 1. The molecule has 0 aromatic heterocycles. The minimum Gasteiger partial charge on any atom is -0.479 e. The van der Waals surface area contributed by atoms with Crippen molar-refractivity contribution in [2.75, 3.05) is 38.3 Å². The third-order valence-electron chi connectivity index (χ3n) is 6.58. The molecule has 1 aliphatic heterocycles. The number of nitrogens with zero attached hydrogens (tertiary/aromatic N) is 1. The van der Waals surface area contributed by atoms with Gasteiger partial charge in [-0.2, -0.15) is 11.8 Å². The van der Waals surface area contributed by atoms with Crippen molar-refractivity contribution in [1.29, 1.82) is 0 Å². The monoisotopic (exact) mass is 498 g/mol. The predicted molar refractivity (Wildman–Crippen MR) is 134 cm³/mol. The van der Waals surface area contributed by atoms with Gasteiger partial charge in [0.15, 0.2) is 5.60 Å². The molecular formula is C26H30N2O6S. The maximum absolute atomic E-state index is 13.2. The molecule has 1 fully saturated rings. The lowest BCUT2D eigenvalue weighted by Gasteiger charge is -2.39. The van der Waals surface area contributed by atoms with Crippen molar-refractivity contribution >= 4 is 29.7 Å². The zero-order chi connectivity index (χ0) is 25.0. The van der Waals surface area contributed by atoms with Crippen LogP contribution in [0.3, 0.4) is 0 Å². The second-order valence-electron chi connectivity index (χ2n) is 8.95. The van der Waals surface area contributed by atoms with Gasteiger partial charge in [-0.1, -0.05) is 48.5 Å². The molecule has 0 bridgehead atoms. The zero-order valence-corrected chi connectivity index (χ0v) is 20.7. The van der Waals surface area contributed by atoms with Gasteiger partial charge in [-0.25, -0.2) is 9.59 Å². The minimum absolute atomic E-state index is 0.0796. The Morgan fingerprint density at radius 2 is 1.80 bits per heavy atom. The number of morpholine rings is 1. The number of benzene rings is 2. The Balaban J connectivity index is 1.42. The van der Waals surface area contributed by atoms with Gasteiger partial charge in [-0.3, -0.25) is 4.79 Å². The van der Waals surface area contributed by atoms with Gasteiger partial charge in [0.05, 0.1) is 13.2 Å². The summed E-state index contributed by atoms with van der Waals surface area (Å²) < 4.78 is 11.0. The molecule has 2 aromatic carbocycles. The maximum Gasteiger partial charge on any atom is 0.407 e. The van der Waals surface area contributed by atoms with Crippen molar-refractivity contribution < 1.29 is 29.0 Å². The Bertz CT molecular complexity index is 1060. The summed E-state index contributed by atoms with van der Waals surface area (Å²) in [6.45, 7) is 1.91. The van der Waals surface area contributed by atoms with Crippen LogP contribution in [0.15, 0.2) is 48.5 Å². The van der Waals surface area contributed by atoms with Gasteiger partial charge < -0.3 is 24.8 Å². The molecule has 9 heteroatoms. The highest BCUT2D eigenvalue weighted by molar-refractivity contribution is 7.98. The summed E-state index contributed by atoms with van der Waals surface area (Å²) in [5.41, 5.74) is 3.02. The average molecular weight is 499 g/mol. The normalized spacial score (nSPS) is 20.0. The second kappa shape index (κ2) is 10.7. The van der Waals surface area contributed by atoms with E-state index in [9.17, 15) is 19.5 Å². The molecule has 2 aromatic rings. The highest BCUT2D eigenvalue weighted by Gasteiger charge is 2.42. The van der Waals surface area contributed by atoms with E-state index in [0.717, 1.165) is 22.3 Å². The molecule has 186 valence electrons. The number of amides is 2. The van der Waals surface area contributed by atoms with E-state index in [1.54, 1.807) is 11.8 Å². The van der Waals surface area contributed by atoms with Gasteiger partial charge in [-0.05, 0) is 47.6 Å². The number of hydrogen-bond donors (Lipinski definition) is 2. The third-order valence-corrected chi connectivity index (χ3v) is 7.23. The fourth-order valence-corrected chi connectivity index (χ4v) is 5.15. The number of carboxylic acid groups (broad SMARTS) is 1. The lowest BCUT2D eigenvalue weighted by molar-refractivity contribution is -0.177. The Labute approximate surface area is 209 Å². The summed E-state index contributed by atoms with van der Waals surface area (Å²) in [4.78, 5) is 39.1. The van der Waals surface area contributed by atoms with Crippen LogP contribution in [0.2, 0.25) is 0 Å². The highest BCUT2D eigenvalue weighted by Crippen LogP contribution is 2.44. The average Bonchev–Trinajstić information content (AvgIpc) is 3.18.